The van der Waals surface area contributed by atoms with Gasteiger partial charge in [0.05, 0.1) is 10.9 Å². The van der Waals surface area contributed by atoms with E-state index >= 15 is 0 Å². The van der Waals surface area contributed by atoms with E-state index in [0.29, 0.717) is 12.8 Å². The van der Waals surface area contributed by atoms with Crippen LogP contribution in [0.2, 0.25) is 0 Å². The summed E-state index contributed by atoms with van der Waals surface area (Å²) in [6.45, 7) is 3.59. The van der Waals surface area contributed by atoms with E-state index in [1.807, 2.05) is 6.92 Å². The summed E-state index contributed by atoms with van der Waals surface area (Å²) in [6, 6.07) is 0. The van der Waals surface area contributed by atoms with E-state index in [9.17, 15) is 5.11 Å². The predicted octanol–water partition coefficient (Wildman–Crippen LogP) is 1.17. The van der Waals surface area contributed by atoms with Crippen LogP contribution in [0.5, 0.6) is 0 Å². The van der Waals surface area contributed by atoms with E-state index < -0.39 is 11.4 Å². The van der Waals surface area contributed by atoms with Crippen LogP contribution in [-0.2, 0) is 0 Å². The maximum Gasteiger partial charge on any atom is 0.192 e. The van der Waals surface area contributed by atoms with Gasteiger partial charge < -0.3 is 15.3 Å². The van der Waals surface area contributed by atoms with Crippen LogP contribution in [0.25, 0.3) is 0 Å². The highest BCUT2D eigenvalue weighted by molar-refractivity contribution is 9.09. The Balaban J connectivity index is 4.01. The molecule has 3 N–H and O–H groups in total. The Hall–Kier alpha value is 0.100. The van der Waals surface area contributed by atoms with Gasteiger partial charge in [0, 0.05) is 0 Å². The van der Waals surface area contributed by atoms with E-state index in [2.05, 4.69) is 15.9 Å². The van der Waals surface area contributed by atoms with Crippen molar-refractivity contribution in [3.63, 3.8) is 0 Å². The van der Waals surface area contributed by atoms with E-state index in [1.54, 1.807) is 13.0 Å². The molecule has 0 radical (unpaired) electrons. The van der Waals surface area contributed by atoms with Gasteiger partial charge in [-0.05, 0) is 25.8 Å². The van der Waals surface area contributed by atoms with Crippen LogP contribution in [0.1, 0.15) is 26.7 Å². The third kappa shape index (κ3) is 6.21. The van der Waals surface area contributed by atoms with Gasteiger partial charge in [0.2, 0.25) is 0 Å². The summed E-state index contributed by atoms with van der Waals surface area (Å²) in [6.07, 6.45) is 3.89. The van der Waals surface area contributed by atoms with Crippen LogP contribution in [-0.4, -0.2) is 32.0 Å². The van der Waals surface area contributed by atoms with Gasteiger partial charge in [0.1, 0.15) is 0 Å². The first-order chi connectivity index (χ1) is 5.83. The molecule has 0 amide bonds. The van der Waals surface area contributed by atoms with Gasteiger partial charge in [-0.2, -0.15) is 0 Å². The standard InChI is InChI=1S/C9H17BrO3/c1-3-8(2,11)5-4-6-9(12,13)7-10/h4,6,11-13H,3,5,7H2,1-2H3. The number of alkyl halides is 1. The van der Waals surface area contributed by atoms with E-state index in [0.717, 1.165) is 0 Å². The molecule has 0 rings (SSSR count). The van der Waals surface area contributed by atoms with Gasteiger partial charge in [-0.1, -0.05) is 28.9 Å². The highest BCUT2D eigenvalue weighted by Gasteiger charge is 2.18. The molecule has 0 aromatic carbocycles. The van der Waals surface area contributed by atoms with Gasteiger partial charge in [-0.25, -0.2) is 0 Å². The zero-order valence-corrected chi connectivity index (χ0v) is 9.58. The second-order valence-electron chi connectivity index (χ2n) is 3.47. The molecule has 0 aliphatic rings. The molecule has 0 bridgehead atoms. The molecule has 0 fully saturated rings. The molecule has 1 unspecified atom stereocenters. The minimum atomic E-state index is -1.82. The van der Waals surface area contributed by atoms with Crippen molar-refractivity contribution < 1.29 is 15.3 Å². The van der Waals surface area contributed by atoms with Crippen molar-refractivity contribution in [2.75, 3.05) is 5.33 Å². The first-order valence-corrected chi connectivity index (χ1v) is 5.36. The zero-order chi connectivity index (χ0) is 10.5. The molecule has 0 aromatic rings. The zero-order valence-electron chi connectivity index (χ0n) is 8.00. The largest absolute Gasteiger partial charge is 0.390 e. The molecule has 4 heteroatoms. The normalized spacial score (nSPS) is 17.7. The molecule has 13 heavy (non-hydrogen) atoms. The Morgan fingerprint density at radius 3 is 2.23 bits per heavy atom. The molecule has 0 aliphatic heterocycles. The topological polar surface area (TPSA) is 60.7 Å². The minimum absolute atomic E-state index is 0.0603. The van der Waals surface area contributed by atoms with Gasteiger partial charge in [-0.3, -0.25) is 0 Å². The molecule has 78 valence electrons. The SMILES string of the molecule is CCC(C)(O)CC=CC(O)(O)CBr. The molecule has 1 atom stereocenters. The van der Waals surface area contributed by atoms with Crippen LogP contribution < -0.4 is 0 Å². The van der Waals surface area contributed by atoms with Gasteiger partial charge >= 0.3 is 0 Å². The number of aliphatic hydroxyl groups is 3. The van der Waals surface area contributed by atoms with Crippen molar-refractivity contribution in [1.29, 1.82) is 0 Å². The molecule has 0 saturated heterocycles. The van der Waals surface area contributed by atoms with Crippen LogP contribution in [0.15, 0.2) is 12.2 Å². The average molecular weight is 253 g/mol. The Labute approximate surface area is 87.2 Å². The summed E-state index contributed by atoms with van der Waals surface area (Å²) < 4.78 is 0. The molecule has 0 aliphatic carbocycles. The monoisotopic (exact) mass is 252 g/mol. The number of hydrogen-bond acceptors (Lipinski definition) is 3. The lowest BCUT2D eigenvalue weighted by molar-refractivity contribution is -0.0954. The fraction of sp³-hybridized carbons (Fsp3) is 0.778. The van der Waals surface area contributed by atoms with Gasteiger partial charge in [-0.15, -0.1) is 0 Å². The summed E-state index contributed by atoms with van der Waals surface area (Å²) in [5.74, 6) is -1.82. The number of rotatable bonds is 5. The highest BCUT2D eigenvalue weighted by atomic mass is 79.9. The lowest BCUT2D eigenvalue weighted by atomic mass is 9.99. The second-order valence-corrected chi connectivity index (χ2v) is 4.03. The van der Waals surface area contributed by atoms with Crippen molar-refractivity contribution in [2.45, 2.75) is 38.1 Å². The van der Waals surface area contributed by atoms with E-state index in [1.165, 1.54) is 6.08 Å². The van der Waals surface area contributed by atoms with Crippen LogP contribution >= 0.6 is 15.9 Å². The van der Waals surface area contributed by atoms with Crippen molar-refractivity contribution in [1.82, 2.24) is 0 Å². The number of hydrogen-bond donors (Lipinski definition) is 3. The quantitative estimate of drug-likeness (QED) is 0.391. The Kier molecular flexibility index (Phi) is 5.14. The highest BCUT2D eigenvalue weighted by Crippen LogP contribution is 2.15. The second kappa shape index (κ2) is 5.10. The number of halogens is 1. The van der Waals surface area contributed by atoms with Crippen molar-refractivity contribution in [2.24, 2.45) is 0 Å². The third-order valence-corrected chi connectivity index (χ3v) is 2.73. The lowest BCUT2D eigenvalue weighted by Gasteiger charge is -2.19. The average Bonchev–Trinajstić information content (AvgIpc) is 2.04. The molecule has 0 spiro atoms. The van der Waals surface area contributed by atoms with Crippen LogP contribution in [0.4, 0.5) is 0 Å². The summed E-state index contributed by atoms with van der Waals surface area (Å²) in [7, 11) is 0. The van der Waals surface area contributed by atoms with Gasteiger partial charge in [0.15, 0.2) is 5.79 Å². The van der Waals surface area contributed by atoms with Crippen LogP contribution in [0, 0.1) is 0 Å². The third-order valence-electron chi connectivity index (χ3n) is 1.90. The summed E-state index contributed by atoms with van der Waals surface area (Å²) in [5, 5.41) is 27.9. The first-order valence-electron chi connectivity index (χ1n) is 4.24. The molecule has 0 heterocycles. The molecule has 0 aromatic heterocycles. The summed E-state index contributed by atoms with van der Waals surface area (Å²) >= 11 is 2.95. The molecule has 0 saturated carbocycles. The maximum atomic E-state index is 9.57. The predicted molar refractivity (Wildman–Crippen MR) is 55.6 cm³/mol. The van der Waals surface area contributed by atoms with E-state index in [-0.39, 0.29) is 5.33 Å². The molecular formula is C9H17BrO3. The van der Waals surface area contributed by atoms with E-state index in [4.69, 9.17) is 10.2 Å². The Morgan fingerprint density at radius 1 is 1.31 bits per heavy atom. The fourth-order valence-corrected chi connectivity index (χ4v) is 0.877. The minimum Gasteiger partial charge on any atom is -0.390 e. The maximum absolute atomic E-state index is 9.57. The van der Waals surface area contributed by atoms with Crippen LogP contribution in [0.3, 0.4) is 0 Å². The Bertz CT molecular complexity index is 176. The fourth-order valence-electron chi connectivity index (χ4n) is 0.690. The smallest absolute Gasteiger partial charge is 0.192 e. The van der Waals surface area contributed by atoms with Crippen molar-refractivity contribution in [3.8, 4) is 0 Å². The lowest BCUT2D eigenvalue weighted by Crippen LogP contribution is -2.27. The van der Waals surface area contributed by atoms with Gasteiger partial charge in [0.25, 0.3) is 0 Å². The Morgan fingerprint density at radius 2 is 1.85 bits per heavy atom. The summed E-state index contributed by atoms with van der Waals surface area (Å²) in [5.41, 5.74) is -0.765. The summed E-state index contributed by atoms with van der Waals surface area (Å²) in [4.78, 5) is 0. The van der Waals surface area contributed by atoms with Crippen molar-refractivity contribution in [3.05, 3.63) is 12.2 Å². The molecular weight excluding hydrogens is 236 g/mol. The van der Waals surface area contributed by atoms with Crippen molar-refractivity contribution >= 4 is 15.9 Å². The molecule has 3 nitrogen and oxygen atoms in total. The first kappa shape index (κ1) is 13.1.